The first-order chi connectivity index (χ1) is 7.23. The molecule has 2 unspecified atom stereocenters. The highest BCUT2D eigenvalue weighted by Crippen LogP contribution is 2.32. The van der Waals surface area contributed by atoms with Crippen molar-refractivity contribution in [2.24, 2.45) is 0 Å². The molecular weight excluding hydrogens is 221 g/mol. The summed E-state index contributed by atoms with van der Waals surface area (Å²) in [5.41, 5.74) is -0.141. The molecule has 2 atom stereocenters. The molecule has 0 saturated carbocycles. The Bertz CT molecular complexity index is 372. The van der Waals surface area contributed by atoms with Gasteiger partial charge in [0.05, 0.1) is 11.7 Å². The van der Waals surface area contributed by atoms with E-state index in [-0.39, 0.29) is 0 Å². The maximum atomic E-state index is 12.3. The molecule has 1 aromatic carbocycles. The van der Waals surface area contributed by atoms with Crippen LogP contribution < -0.4 is 0 Å². The molecule has 16 heavy (non-hydrogen) atoms. The highest BCUT2D eigenvalue weighted by atomic mass is 19.4. The van der Waals surface area contributed by atoms with E-state index in [0.29, 0.717) is 11.1 Å². The van der Waals surface area contributed by atoms with Gasteiger partial charge in [-0.2, -0.15) is 13.2 Å². The van der Waals surface area contributed by atoms with Gasteiger partial charge in [0.1, 0.15) is 6.10 Å². The van der Waals surface area contributed by atoms with Crippen LogP contribution >= 0.6 is 0 Å². The number of aliphatic hydroxyl groups excluding tert-OH is 2. The molecule has 2 nitrogen and oxygen atoms in total. The minimum absolute atomic E-state index is 0.308. The average molecular weight is 234 g/mol. The van der Waals surface area contributed by atoms with E-state index in [1.165, 1.54) is 19.9 Å². The molecule has 0 aliphatic heterocycles. The second-order valence-corrected chi connectivity index (χ2v) is 3.75. The lowest BCUT2D eigenvalue weighted by Crippen LogP contribution is -2.15. The van der Waals surface area contributed by atoms with Gasteiger partial charge in [0.25, 0.3) is 0 Å². The van der Waals surface area contributed by atoms with Crippen molar-refractivity contribution in [1.82, 2.24) is 0 Å². The molecule has 0 amide bonds. The van der Waals surface area contributed by atoms with Crippen LogP contribution in [0.1, 0.15) is 29.7 Å². The van der Waals surface area contributed by atoms with Gasteiger partial charge < -0.3 is 10.2 Å². The van der Waals surface area contributed by atoms with Crippen molar-refractivity contribution in [2.75, 3.05) is 0 Å². The summed E-state index contributed by atoms with van der Waals surface area (Å²) in [6.45, 7) is 2.85. The van der Waals surface area contributed by atoms with Crippen molar-refractivity contribution >= 4 is 0 Å². The largest absolute Gasteiger partial charge is 0.416 e. The van der Waals surface area contributed by atoms with Crippen molar-refractivity contribution < 1.29 is 23.4 Å². The number of hydrogen-bond acceptors (Lipinski definition) is 2. The maximum absolute atomic E-state index is 12.3. The maximum Gasteiger partial charge on any atom is 0.416 e. The normalized spacial score (nSPS) is 15.9. The Labute approximate surface area is 91.3 Å². The standard InChI is InChI=1S/C11H13F3O2/c1-6-5-8(11(12,13)14)3-4-9(6)10(16)7(2)15/h3-5,7,10,15-16H,1-2H3. The highest BCUT2D eigenvalue weighted by molar-refractivity contribution is 5.34. The van der Waals surface area contributed by atoms with E-state index in [9.17, 15) is 18.3 Å². The van der Waals surface area contributed by atoms with Gasteiger partial charge in [-0.05, 0) is 37.1 Å². The molecule has 2 N–H and O–H groups in total. The quantitative estimate of drug-likeness (QED) is 0.825. The van der Waals surface area contributed by atoms with E-state index in [0.717, 1.165) is 12.1 Å². The Morgan fingerprint density at radius 2 is 1.75 bits per heavy atom. The second-order valence-electron chi connectivity index (χ2n) is 3.75. The molecule has 5 heteroatoms. The Hall–Kier alpha value is -1.07. The topological polar surface area (TPSA) is 40.5 Å². The number of benzene rings is 1. The lowest BCUT2D eigenvalue weighted by Gasteiger charge is -2.17. The summed E-state index contributed by atoms with van der Waals surface area (Å²) >= 11 is 0. The Balaban J connectivity index is 3.10. The fourth-order valence-corrected chi connectivity index (χ4v) is 1.44. The summed E-state index contributed by atoms with van der Waals surface area (Å²) in [6.07, 6.45) is -6.57. The van der Waals surface area contributed by atoms with Crippen LogP contribution in [0.4, 0.5) is 13.2 Å². The van der Waals surface area contributed by atoms with Gasteiger partial charge in [0.2, 0.25) is 0 Å². The van der Waals surface area contributed by atoms with Gasteiger partial charge in [-0.3, -0.25) is 0 Å². The van der Waals surface area contributed by atoms with Gasteiger partial charge in [0, 0.05) is 0 Å². The summed E-state index contributed by atoms with van der Waals surface area (Å²) in [7, 11) is 0. The third-order valence-electron chi connectivity index (χ3n) is 2.37. The molecular formula is C11H13F3O2. The number of alkyl halides is 3. The van der Waals surface area contributed by atoms with Crippen LogP contribution in [-0.2, 0) is 6.18 Å². The monoisotopic (exact) mass is 234 g/mol. The molecule has 0 aromatic heterocycles. The lowest BCUT2D eigenvalue weighted by molar-refractivity contribution is -0.137. The highest BCUT2D eigenvalue weighted by Gasteiger charge is 2.31. The summed E-state index contributed by atoms with van der Waals surface area (Å²) in [6, 6.07) is 3.05. The predicted molar refractivity (Wildman–Crippen MR) is 52.8 cm³/mol. The second kappa shape index (κ2) is 4.43. The van der Waals surface area contributed by atoms with Gasteiger partial charge in [-0.1, -0.05) is 6.07 Å². The molecule has 0 spiro atoms. The molecule has 0 aliphatic carbocycles. The Morgan fingerprint density at radius 3 is 2.12 bits per heavy atom. The zero-order valence-corrected chi connectivity index (χ0v) is 8.92. The lowest BCUT2D eigenvalue weighted by atomic mass is 9.98. The molecule has 0 radical (unpaired) electrons. The average Bonchev–Trinajstić information content (AvgIpc) is 2.15. The first kappa shape index (κ1) is 13.0. The molecule has 0 aliphatic rings. The molecule has 0 heterocycles. The van der Waals surface area contributed by atoms with E-state index in [1.54, 1.807) is 0 Å². The molecule has 0 bridgehead atoms. The van der Waals surface area contributed by atoms with Gasteiger partial charge in [0.15, 0.2) is 0 Å². The fourth-order valence-electron chi connectivity index (χ4n) is 1.44. The van der Waals surface area contributed by atoms with E-state index in [4.69, 9.17) is 5.11 Å². The van der Waals surface area contributed by atoms with Crippen LogP contribution in [0.2, 0.25) is 0 Å². The zero-order chi connectivity index (χ0) is 12.5. The van der Waals surface area contributed by atoms with Gasteiger partial charge in [-0.15, -0.1) is 0 Å². The van der Waals surface area contributed by atoms with Gasteiger partial charge in [-0.25, -0.2) is 0 Å². The number of aryl methyl sites for hydroxylation is 1. The van der Waals surface area contributed by atoms with E-state index >= 15 is 0 Å². The van der Waals surface area contributed by atoms with Crippen molar-refractivity contribution in [3.63, 3.8) is 0 Å². The Morgan fingerprint density at radius 1 is 1.19 bits per heavy atom. The van der Waals surface area contributed by atoms with Crippen molar-refractivity contribution in [2.45, 2.75) is 32.2 Å². The smallest absolute Gasteiger partial charge is 0.390 e. The van der Waals surface area contributed by atoms with Crippen LogP contribution in [0, 0.1) is 6.92 Å². The van der Waals surface area contributed by atoms with E-state index < -0.39 is 23.9 Å². The first-order valence-electron chi connectivity index (χ1n) is 4.77. The minimum atomic E-state index is -4.39. The number of hydrogen-bond donors (Lipinski definition) is 2. The third kappa shape index (κ3) is 2.74. The predicted octanol–water partition coefficient (Wildman–Crippen LogP) is 2.43. The number of aliphatic hydroxyl groups is 2. The van der Waals surface area contributed by atoms with Crippen LogP contribution in [0.3, 0.4) is 0 Å². The van der Waals surface area contributed by atoms with Crippen LogP contribution in [0.5, 0.6) is 0 Å². The summed E-state index contributed by atoms with van der Waals surface area (Å²) in [5.74, 6) is 0. The number of halogens is 3. The molecule has 0 fully saturated rings. The van der Waals surface area contributed by atoms with Crippen LogP contribution in [0.15, 0.2) is 18.2 Å². The third-order valence-corrected chi connectivity index (χ3v) is 2.37. The summed E-state index contributed by atoms with van der Waals surface area (Å²) in [4.78, 5) is 0. The van der Waals surface area contributed by atoms with Gasteiger partial charge >= 0.3 is 6.18 Å². The minimum Gasteiger partial charge on any atom is -0.390 e. The first-order valence-corrected chi connectivity index (χ1v) is 4.77. The van der Waals surface area contributed by atoms with E-state index in [2.05, 4.69) is 0 Å². The Kier molecular flexibility index (Phi) is 3.60. The molecule has 1 rings (SSSR count). The number of rotatable bonds is 2. The summed E-state index contributed by atoms with van der Waals surface area (Å²) in [5, 5.41) is 18.7. The summed E-state index contributed by atoms with van der Waals surface area (Å²) < 4.78 is 37.0. The van der Waals surface area contributed by atoms with E-state index in [1.807, 2.05) is 0 Å². The van der Waals surface area contributed by atoms with Crippen molar-refractivity contribution in [3.05, 3.63) is 34.9 Å². The van der Waals surface area contributed by atoms with Crippen molar-refractivity contribution in [1.29, 1.82) is 0 Å². The van der Waals surface area contributed by atoms with Crippen molar-refractivity contribution in [3.8, 4) is 0 Å². The SMILES string of the molecule is Cc1cc(C(F)(F)F)ccc1C(O)C(C)O. The fraction of sp³-hybridized carbons (Fsp3) is 0.455. The van der Waals surface area contributed by atoms with Crippen LogP contribution in [-0.4, -0.2) is 16.3 Å². The zero-order valence-electron chi connectivity index (χ0n) is 8.92. The van der Waals surface area contributed by atoms with Crippen LogP contribution in [0.25, 0.3) is 0 Å². The molecule has 90 valence electrons. The molecule has 0 saturated heterocycles. The molecule has 1 aromatic rings.